The number of rotatable bonds is 3. The van der Waals surface area contributed by atoms with Crippen molar-refractivity contribution in [2.75, 3.05) is 18.2 Å². The Hall–Kier alpha value is -2.56. The standard InChI is InChI=1S/C15H15FN2O2/c1-9-7-11(17)4-5-13(9)18-15(19)10-3-6-14(20-2)12(16)8-10/h3-8H,17H2,1-2H3,(H,18,19). The number of nitrogens with one attached hydrogen (secondary N) is 1. The van der Waals surface area contributed by atoms with Crippen molar-refractivity contribution in [1.82, 2.24) is 0 Å². The Bertz CT molecular complexity index is 656. The number of anilines is 2. The van der Waals surface area contributed by atoms with Crippen molar-refractivity contribution in [2.24, 2.45) is 0 Å². The molecule has 0 atom stereocenters. The molecule has 1 amide bonds. The summed E-state index contributed by atoms with van der Waals surface area (Å²) in [5, 5.41) is 2.72. The van der Waals surface area contributed by atoms with Gasteiger partial charge in [0.1, 0.15) is 0 Å². The van der Waals surface area contributed by atoms with Gasteiger partial charge in [-0.15, -0.1) is 0 Å². The van der Waals surface area contributed by atoms with Crippen LogP contribution in [-0.4, -0.2) is 13.0 Å². The van der Waals surface area contributed by atoms with Gasteiger partial charge in [-0.05, 0) is 48.9 Å². The molecule has 0 radical (unpaired) electrons. The Morgan fingerprint density at radius 1 is 1.25 bits per heavy atom. The summed E-state index contributed by atoms with van der Waals surface area (Å²) in [6.45, 7) is 1.83. The molecule has 5 heteroatoms. The van der Waals surface area contributed by atoms with E-state index in [0.717, 1.165) is 11.6 Å². The van der Waals surface area contributed by atoms with E-state index in [1.54, 1.807) is 18.2 Å². The molecule has 2 aromatic carbocycles. The summed E-state index contributed by atoms with van der Waals surface area (Å²) >= 11 is 0. The molecule has 0 saturated carbocycles. The second-order valence-electron chi connectivity index (χ2n) is 4.38. The predicted octanol–water partition coefficient (Wildman–Crippen LogP) is 2.98. The molecule has 20 heavy (non-hydrogen) atoms. The molecule has 0 aliphatic heterocycles. The van der Waals surface area contributed by atoms with Crippen molar-refractivity contribution in [1.29, 1.82) is 0 Å². The van der Waals surface area contributed by atoms with E-state index in [4.69, 9.17) is 10.5 Å². The van der Waals surface area contributed by atoms with Crippen LogP contribution in [0.3, 0.4) is 0 Å². The number of amides is 1. The van der Waals surface area contributed by atoms with Gasteiger partial charge in [-0.2, -0.15) is 0 Å². The molecule has 0 heterocycles. The Labute approximate surface area is 116 Å². The Morgan fingerprint density at radius 3 is 2.60 bits per heavy atom. The van der Waals surface area contributed by atoms with E-state index in [1.165, 1.54) is 19.2 Å². The van der Waals surface area contributed by atoms with Crippen LogP contribution in [0.25, 0.3) is 0 Å². The molecule has 2 aromatic rings. The third kappa shape index (κ3) is 2.88. The van der Waals surface area contributed by atoms with Gasteiger partial charge >= 0.3 is 0 Å². The minimum atomic E-state index is -0.575. The van der Waals surface area contributed by atoms with Crippen LogP contribution in [0.15, 0.2) is 36.4 Å². The third-order valence-electron chi connectivity index (χ3n) is 2.91. The van der Waals surface area contributed by atoms with E-state index in [9.17, 15) is 9.18 Å². The number of nitrogen functional groups attached to an aromatic ring is 1. The number of carbonyl (C=O) groups excluding carboxylic acids is 1. The van der Waals surface area contributed by atoms with Crippen LogP contribution in [0.4, 0.5) is 15.8 Å². The molecule has 3 N–H and O–H groups in total. The fourth-order valence-electron chi connectivity index (χ4n) is 1.83. The lowest BCUT2D eigenvalue weighted by atomic mass is 10.1. The van der Waals surface area contributed by atoms with Gasteiger partial charge in [0.2, 0.25) is 0 Å². The van der Waals surface area contributed by atoms with E-state index in [1.807, 2.05) is 6.92 Å². The highest BCUT2D eigenvalue weighted by Crippen LogP contribution is 2.21. The number of carbonyl (C=O) groups is 1. The number of halogens is 1. The number of nitrogens with two attached hydrogens (primary N) is 1. The molecule has 0 fully saturated rings. The second kappa shape index (κ2) is 5.61. The summed E-state index contributed by atoms with van der Waals surface area (Å²) in [6.07, 6.45) is 0. The number of methoxy groups -OCH3 is 1. The molecule has 0 spiro atoms. The molecular weight excluding hydrogens is 259 g/mol. The van der Waals surface area contributed by atoms with Crippen LogP contribution in [0.1, 0.15) is 15.9 Å². The molecular formula is C15H15FN2O2. The van der Waals surface area contributed by atoms with Crippen LogP contribution >= 0.6 is 0 Å². The maximum Gasteiger partial charge on any atom is 0.255 e. The van der Waals surface area contributed by atoms with E-state index in [-0.39, 0.29) is 17.2 Å². The molecule has 0 aliphatic carbocycles. The molecule has 0 unspecified atom stereocenters. The predicted molar refractivity (Wildman–Crippen MR) is 76.5 cm³/mol. The summed E-state index contributed by atoms with van der Waals surface area (Å²) in [7, 11) is 1.37. The quantitative estimate of drug-likeness (QED) is 0.846. The van der Waals surface area contributed by atoms with Crippen molar-refractivity contribution in [2.45, 2.75) is 6.92 Å². The molecule has 104 valence electrons. The number of aryl methyl sites for hydroxylation is 1. The largest absolute Gasteiger partial charge is 0.494 e. The maximum absolute atomic E-state index is 13.6. The highest BCUT2D eigenvalue weighted by atomic mass is 19.1. The number of ether oxygens (including phenoxy) is 1. The van der Waals surface area contributed by atoms with Gasteiger partial charge < -0.3 is 15.8 Å². The van der Waals surface area contributed by atoms with Gasteiger partial charge in [-0.1, -0.05) is 0 Å². The monoisotopic (exact) mass is 274 g/mol. The minimum Gasteiger partial charge on any atom is -0.494 e. The first-order chi connectivity index (χ1) is 9.51. The van der Waals surface area contributed by atoms with E-state index in [2.05, 4.69) is 5.32 Å². The van der Waals surface area contributed by atoms with E-state index < -0.39 is 5.82 Å². The summed E-state index contributed by atoms with van der Waals surface area (Å²) in [5.41, 5.74) is 7.97. The Kier molecular flexibility index (Phi) is 3.89. The van der Waals surface area contributed by atoms with E-state index >= 15 is 0 Å². The first kappa shape index (κ1) is 13.9. The Morgan fingerprint density at radius 2 is 2.00 bits per heavy atom. The van der Waals surface area contributed by atoms with Crippen LogP contribution in [0, 0.1) is 12.7 Å². The van der Waals surface area contributed by atoms with Gasteiger partial charge in [0.05, 0.1) is 7.11 Å². The van der Waals surface area contributed by atoms with Crippen LogP contribution in [-0.2, 0) is 0 Å². The molecule has 0 bridgehead atoms. The average Bonchev–Trinajstić information content (AvgIpc) is 2.41. The van der Waals surface area contributed by atoms with E-state index in [0.29, 0.717) is 11.4 Å². The van der Waals surface area contributed by atoms with Gasteiger partial charge in [0.25, 0.3) is 5.91 Å². The lowest BCUT2D eigenvalue weighted by Gasteiger charge is -2.10. The van der Waals surface area contributed by atoms with Crippen LogP contribution in [0.2, 0.25) is 0 Å². The minimum absolute atomic E-state index is 0.102. The normalized spacial score (nSPS) is 10.2. The highest BCUT2D eigenvalue weighted by molar-refractivity contribution is 6.04. The van der Waals surface area contributed by atoms with Crippen molar-refractivity contribution < 1.29 is 13.9 Å². The first-order valence-electron chi connectivity index (χ1n) is 6.02. The summed E-state index contributed by atoms with van der Waals surface area (Å²) < 4.78 is 18.4. The fraction of sp³-hybridized carbons (Fsp3) is 0.133. The van der Waals surface area contributed by atoms with Gasteiger partial charge in [0, 0.05) is 16.9 Å². The highest BCUT2D eigenvalue weighted by Gasteiger charge is 2.11. The number of hydrogen-bond donors (Lipinski definition) is 2. The van der Waals surface area contributed by atoms with Crippen LogP contribution in [0.5, 0.6) is 5.75 Å². The molecule has 4 nitrogen and oxygen atoms in total. The molecule has 0 saturated heterocycles. The maximum atomic E-state index is 13.6. The second-order valence-corrected chi connectivity index (χ2v) is 4.38. The number of hydrogen-bond acceptors (Lipinski definition) is 3. The van der Waals surface area contributed by atoms with Crippen LogP contribution < -0.4 is 15.8 Å². The van der Waals surface area contributed by atoms with Gasteiger partial charge in [-0.25, -0.2) is 4.39 Å². The smallest absolute Gasteiger partial charge is 0.255 e. The molecule has 2 rings (SSSR count). The van der Waals surface area contributed by atoms with Crippen molar-refractivity contribution in [3.05, 3.63) is 53.3 Å². The zero-order valence-corrected chi connectivity index (χ0v) is 11.2. The summed E-state index contributed by atoms with van der Waals surface area (Å²) in [5.74, 6) is -0.862. The zero-order valence-electron chi connectivity index (χ0n) is 11.2. The van der Waals surface area contributed by atoms with Crippen molar-refractivity contribution in [3.63, 3.8) is 0 Å². The summed E-state index contributed by atoms with van der Waals surface area (Å²) in [4.78, 5) is 12.1. The lowest BCUT2D eigenvalue weighted by molar-refractivity contribution is 0.102. The van der Waals surface area contributed by atoms with Crippen molar-refractivity contribution >= 4 is 17.3 Å². The SMILES string of the molecule is COc1ccc(C(=O)Nc2ccc(N)cc2C)cc1F. The third-order valence-corrected chi connectivity index (χ3v) is 2.91. The fourth-order valence-corrected chi connectivity index (χ4v) is 1.83. The Balaban J connectivity index is 2.21. The van der Waals surface area contributed by atoms with Crippen molar-refractivity contribution in [3.8, 4) is 5.75 Å². The summed E-state index contributed by atoms with van der Waals surface area (Å²) in [6, 6.07) is 9.22. The lowest BCUT2D eigenvalue weighted by Crippen LogP contribution is -2.13. The topological polar surface area (TPSA) is 64.3 Å². The molecule has 0 aromatic heterocycles. The zero-order chi connectivity index (χ0) is 14.7. The average molecular weight is 274 g/mol. The molecule has 0 aliphatic rings. The van der Waals surface area contributed by atoms with Gasteiger partial charge in [0.15, 0.2) is 11.6 Å². The number of benzene rings is 2. The van der Waals surface area contributed by atoms with Gasteiger partial charge in [-0.3, -0.25) is 4.79 Å². The first-order valence-corrected chi connectivity index (χ1v) is 6.02.